The van der Waals surface area contributed by atoms with Gasteiger partial charge in [0.05, 0.1) is 17.5 Å². The monoisotopic (exact) mass is 374 g/mol. The van der Waals surface area contributed by atoms with Crippen molar-refractivity contribution in [2.45, 2.75) is 20.3 Å². The average molecular weight is 374 g/mol. The fraction of sp³-hybridized carbons (Fsp3) is 0.261. The van der Waals surface area contributed by atoms with Crippen molar-refractivity contribution >= 4 is 29.1 Å². The molecule has 3 atom stereocenters. The summed E-state index contributed by atoms with van der Waals surface area (Å²) in [5.74, 6) is -1.05. The minimum Gasteiger partial charge on any atom is -0.322 e. The maximum Gasteiger partial charge on any atom is 0.255 e. The summed E-state index contributed by atoms with van der Waals surface area (Å²) in [5, 5.41) is 2.88. The molecule has 0 unspecified atom stereocenters. The second-order valence-electron chi connectivity index (χ2n) is 7.48. The van der Waals surface area contributed by atoms with Crippen LogP contribution in [-0.4, -0.2) is 17.7 Å². The zero-order valence-corrected chi connectivity index (χ0v) is 15.9. The molecule has 0 radical (unpaired) electrons. The molecule has 2 aromatic carbocycles. The zero-order valence-electron chi connectivity index (χ0n) is 15.9. The Morgan fingerprint density at radius 1 is 1.04 bits per heavy atom. The number of aryl methyl sites for hydroxylation is 1. The molecule has 2 aliphatic rings. The lowest BCUT2D eigenvalue weighted by Gasteiger charge is -2.22. The molecule has 1 aliphatic carbocycles. The molecule has 28 heavy (non-hydrogen) atoms. The summed E-state index contributed by atoms with van der Waals surface area (Å²) in [6, 6.07) is 14.2. The number of anilines is 2. The number of allylic oxidation sites excluding steroid dienone is 2. The molecule has 0 bridgehead atoms. The van der Waals surface area contributed by atoms with E-state index in [1.54, 1.807) is 24.3 Å². The summed E-state index contributed by atoms with van der Waals surface area (Å²) in [7, 11) is 0. The Labute approximate surface area is 164 Å². The molecule has 1 fully saturated rings. The van der Waals surface area contributed by atoms with Gasteiger partial charge < -0.3 is 5.32 Å². The molecular formula is C23H22N2O3. The van der Waals surface area contributed by atoms with Gasteiger partial charge in [0.25, 0.3) is 5.91 Å². The van der Waals surface area contributed by atoms with Crippen molar-refractivity contribution in [3.8, 4) is 0 Å². The topological polar surface area (TPSA) is 66.5 Å². The van der Waals surface area contributed by atoms with E-state index in [0.717, 1.165) is 11.3 Å². The normalized spacial score (nSPS) is 23.6. The lowest BCUT2D eigenvalue weighted by atomic mass is 9.78. The van der Waals surface area contributed by atoms with Crippen LogP contribution in [0.1, 0.15) is 29.3 Å². The van der Waals surface area contributed by atoms with Crippen LogP contribution in [0.3, 0.4) is 0 Å². The number of carbonyl (C=O) groups is 3. The first-order chi connectivity index (χ1) is 13.5. The van der Waals surface area contributed by atoms with E-state index in [-0.39, 0.29) is 35.5 Å². The number of fused-ring (bicyclic) bond motifs is 1. The van der Waals surface area contributed by atoms with Crippen LogP contribution in [-0.2, 0) is 9.59 Å². The molecule has 1 saturated heterocycles. The van der Waals surface area contributed by atoms with Gasteiger partial charge in [-0.05, 0) is 55.2 Å². The smallest absolute Gasteiger partial charge is 0.255 e. The van der Waals surface area contributed by atoms with Crippen molar-refractivity contribution < 1.29 is 14.4 Å². The van der Waals surface area contributed by atoms with Gasteiger partial charge in [0.2, 0.25) is 11.8 Å². The van der Waals surface area contributed by atoms with Crippen LogP contribution in [0.2, 0.25) is 0 Å². The maximum absolute atomic E-state index is 12.9. The highest BCUT2D eigenvalue weighted by Gasteiger charge is 2.50. The summed E-state index contributed by atoms with van der Waals surface area (Å²) in [5.41, 5.74) is 2.72. The first-order valence-electron chi connectivity index (χ1n) is 9.49. The van der Waals surface area contributed by atoms with Crippen LogP contribution in [0.15, 0.2) is 60.7 Å². The van der Waals surface area contributed by atoms with E-state index in [2.05, 4.69) is 5.32 Å². The van der Waals surface area contributed by atoms with Crippen molar-refractivity contribution in [2.75, 3.05) is 10.2 Å². The first-order valence-corrected chi connectivity index (χ1v) is 9.49. The summed E-state index contributed by atoms with van der Waals surface area (Å²) < 4.78 is 0. The lowest BCUT2D eigenvalue weighted by molar-refractivity contribution is -0.122. The second-order valence-corrected chi connectivity index (χ2v) is 7.48. The van der Waals surface area contributed by atoms with Gasteiger partial charge in [0.15, 0.2) is 0 Å². The minimum absolute atomic E-state index is 0.0550. The van der Waals surface area contributed by atoms with Crippen molar-refractivity contribution in [1.29, 1.82) is 0 Å². The molecule has 5 heteroatoms. The van der Waals surface area contributed by atoms with Gasteiger partial charge in [0.1, 0.15) is 0 Å². The molecule has 3 amide bonds. The third-order valence-corrected chi connectivity index (χ3v) is 5.65. The molecule has 0 spiro atoms. The maximum atomic E-state index is 12.9. The molecule has 1 N–H and O–H groups in total. The zero-order chi connectivity index (χ0) is 19.8. The van der Waals surface area contributed by atoms with Gasteiger partial charge >= 0.3 is 0 Å². The highest BCUT2D eigenvalue weighted by Crippen LogP contribution is 2.40. The van der Waals surface area contributed by atoms with E-state index in [4.69, 9.17) is 0 Å². The molecule has 142 valence electrons. The van der Waals surface area contributed by atoms with E-state index < -0.39 is 0 Å². The fourth-order valence-corrected chi connectivity index (χ4v) is 4.07. The summed E-state index contributed by atoms with van der Waals surface area (Å²) in [4.78, 5) is 39.4. The van der Waals surface area contributed by atoms with E-state index in [9.17, 15) is 14.4 Å². The Morgan fingerprint density at radius 3 is 2.43 bits per heavy atom. The molecular weight excluding hydrogens is 352 g/mol. The molecule has 1 heterocycles. The van der Waals surface area contributed by atoms with Crippen LogP contribution in [0.25, 0.3) is 0 Å². The van der Waals surface area contributed by atoms with Crippen molar-refractivity contribution in [3.05, 3.63) is 71.8 Å². The number of hydrogen-bond acceptors (Lipinski definition) is 3. The third kappa shape index (κ3) is 3.03. The molecule has 0 saturated carbocycles. The second kappa shape index (κ2) is 7.08. The third-order valence-electron chi connectivity index (χ3n) is 5.65. The predicted molar refractivity (Wildman–Crippen MR) is 108 cm³/mol. The summed E-state index contributed by atoms with van der Waals surface area (Å²) in [6.07, 6.45) is 4.60. The van der Waals surface area contributed by atoms with Crippen LogP contribution in [0, 0.1) is 24.7 Å². The standard InChI is InChI=1S/C23H22N2O3/c1-14-6-3-4-9-19(14)24-21(26)16-10-12-17(13-11-16)25-22(27)18-8-5-7-15(2)20(18)23(25)28/h3-7,9-13,15,18,20H,8H2,1-2H3,(H,24,26)/t15-,18-,20+/m0/s1. The number of hydrogen-bond donors (Lipinski definition) is 1. The molecule has 2 aromatic rings. The van der Waals surface area contributed by atoms with E-state index >= 15 is 0 Å². The van der Waals surface area contributed by atoms with Crippen molar-refractivity contribution in [2.24, 2.45) is 17.8 Å². The highest BCUT2D eigenvalue weighted by molar-refractivity contribution is 6.22. The number of rotatable bonds is 3. The molecule has 4 rings (SSSR count). The Balaban J connectivity index is 1.54. The Morgan fingerprint density at radius 2 is 1.75 bits per heavy atom. The van der Waals surface area contributed by atoms with Gasteiger partial charge in [0, 0.05) is 11.3 Å². The van der Waals surface area contributed by atoms with E-state index in [1.165, 1.54) is 4.90 Å². The van der Waals surface area contributed by atoms with Crippen LogP contribution in [0.5, 0.6) is 0 Å². The summed E-state index contributed by atoms with van der Waals surface area (Å²) in [6.45, 7) is 3.90. The number of amides is 3. The number of imide groups is 1. The summed E-state index contributed by atoms with van der Waals surface area (Å²) >= 11 is 0. The lowest BCUT2D eigenvalue weighted by Crippen LogP contribution is -2.31. The molecule has 1 aliphatic heterocycles. The van der Waals surface area contributed by atoms with Gasteiger partial charge in [-0.3, -0.25) is 19.3 Å². The van der Waals surface area contributed by atoms with E-state index in [1.807, 2.05) is 50.3 Å². The Hall–Kier alpha value is -3.21. The van der Waals surface area contributed by atoms with Crippen molar-refractivity contribution in [3.63, 3.8) is 0 Å². The molecule has 5 nitrogen and oxygen atoms in total. The Bertz CT molecular complexity index is 978. The minimum atomic E-state index is -0.290. The number of benzene rings is 2. The number of nitrogens with zero attached hydrogens (tertiary/aromatic N) is 1. The van der Waals surface area contributed by atoms with Crippen molar-refractivity contribution in [1.82, 2.24) is 0 Å². The van der Waals surface area contributed by atoms with E-state index in [0.29, 0.717) is 17.7 Å². The highest BCUT2D eigenvalue weighted by atomic mass is 16.2. The fourth-order valence-electron chi connectivity index (χ4n) is 4.07. The quantitative estimate of drug-likeness (QED) is 0.653. The number of para-hydroxylation sites is 1. The molecule has 0 aromatic heterocycles. The van der Waals surface area contributed by atoms with Crippen LogP contribution in [0.4, 0.5) is 11.4 Å². The average Bonchev–Trinajstić information content (AvgIpc) is 2.95. The van der Waals surface area contributed by atoms with Gasteiger partial charge in [-0.25, -0.2) is 0 Å². The van der Waals surface area contributed by atoms with Gasteiger partial charge in [-0.1, -0.05) is 37.3 Å². The first kappa shape index (κ1) is 18.2. The number of carbonyl (C=O) groups excluding carboxylic acids is 3. The number of nitrogens with one attached hydrogen (secondary N) is 1. The Kier molecular flexibility index (Phi) is 4.59. The SMILES string of the molecule is Cc1ccccc1NC(=O)c1ccc(N2C(=O)[C@H]3[C@H](CC=C[C@@H]3C)C2=O)cc1. The van der Waals surface area contributed by atoms with Crippen LogP contribution >= 0.6 is 0 Å². The van der Waals surface area contributed by atoms with Crippen LogP contribution < -0.4 is 10.2 Å². The van der Waals surface area contributed by atoms with Gasteiger partial charge in [-0.2, -0.15) is 0 Å². The largest absolute Gasteiger partial charge is 0.322 e. The predicted octanol–water partition coefficient (Wildman–Crippen LogP) is 3.95. The van der Waals surface area contributed by atoms with Gasteiger partial charge in [-0.15, -0.1) is 0 Å².